The Bertz CT molecular complexity index is 160. The monoisotopic (exact) mass is 144 g/mol. The molecule has 0 saturated carbocycles. The van der Waals surface area contributed by atoms with Crippen LogP contribution < -0.4 is 0 Å². The van der Waals surface area contributed by atoms with Crippen LogP contribution in [0.15, 0.2) is 12.5 Å². The molecule has 9 heavy (non-hydrogen) atoms. The summed E-state index contributed by atoms with van der Waals surface area (Å²) in [6, 6.07) is 0. The maximum Gasteiger partial charge on any atom is 0.0922 e. The molecule has 0 radical (unpaired) electrons. The summed E-state index contributed by atoms with van der Waals surface area (Å²) in [6.45, 7) is 2.04. The van der Waals surface area contributed by atoms with E-state index < -0.39 is 0 Å². The van der Waals surface area contributed by atoms with Gasteiger partial charge in [0, 0.05) is 6.20 Å². The predicted octanol–water partition coefficient (Wildman–Crippen LogP) is 2.10. The van der Waals surface area contributed by atoms with Crippen molar-refractivity contribution in [1.82, 2.24) is 9.97 Å². The molecule has 0 aliphatic heterocycles. The molecule has 1 atom stereocenters. The van der Waals surface area contributed by atoms with Gasteiger partial charge in [0.05, 0.1) is 17.4 Å². The van der Waals surface area contributed by atoms with Gasteiger partial charge >= 0.3 is 0 Å². The van der Waals surface area contributed by atoms with Crippen molar-refractivity contribution in [2.75, 3.05) is 0 Å². The Balaban J connectivity index is 2.65. The second-order valence-corrected chi connectivity index (χ2v) is 2.41. The highest BCUT2D eigenvalue weighted by molar-refractivity contribution is 6.20. The number of nitrogens with zero attached hydrogens (tertiary/aromatic N) is 1. The molecule has 0 aliphatic carbocycles. The number of aromatic nitrogens is 2. The van der Waals surface area contributed by atoms with Crippen molar-refractivity contribution >= 4 is 11.6 Å². The zero-order valence-corrected chi connectivity index (χ0v) is 6.02. The summed E-state index contributed by atoms with van der Waals surface area (Å²) >= 11 is 5.86. The normalized spacial score (nSPS) is 13.6. The number of H-pyrrole nitrogens is 1. The third kappa shape index (κ3) is 1.45. The minimum Gasteiger partial charge on any atom is -0.347 e. The molecule has 1 heterocycles. The lowest BCUT2D eigenvalue weighted by Gasteiger charge is -1.99. The molecule has 0 aliphatic rings. The van der Waals surface area contributed by atoms with Crippen LogP contribution in [0.1, 0.15) is 24.4 Å². The molecule has 1 N–H and O–H groups in total. The molecule has 0 amide bonds. The lowest BCUT2D eigenvalue weighted by atomic mass is 10.3. The van der Waals surface area contributed by atoms with Crippen molar-refractivity contribution in [3.05, 3.63) is 18.2 Å². The van der Waals surface area contributed by atoms with Crippen molar-refractivity contribution in [1.29, 1.82) is 0 Å². The number of halogens is 1. The predicted molar refractivity (Wildman–Crippen MR) is 37.5 cm³/mol. The molecule has 0 spiro atoms. The minimum atomic E-state index is 0.0903. The van der Waals surface area contributed by atoms with E-state index in [9.17, 15) is 0 Å². The molecule has 0 fully saturated rings. The van der Waals surface area contributed by atoms with E-state index in [1.54, 1.807) is 12.5 Å². The Morgan fingerprint density at radius 1 is 1.89 bits per heavy atom. The summed E-state index contributed by atoms with van der Waals surface area (Å²) in [6.07, 6.45) is 4.32. The number of hydrogen-bond donors (Lipinski definition) is 1. The molecule has 1 rings (SSSR count). The van der Waals surface area contributed by atoms with Crippen LogP contribution >= 0.6 is 11.6 Å². The first-order chi connectivity index (χ1) is 4.34. The number of rotatable bonds is 2. The van der Waals surface area contributed by atoms with Gasteiger partial charge in [0.25, 0.3) is 0 Å². The van der Waals surface area contributed by atoms with Gasteiger partial charge in [-0.3, -0.25) is 0 Å². The summed E-state index contributed by atoms with van der Waals surface area (Å²) in [4.78, 5) is 6.80. The quantitative estimate of drug-likeness (QED) is 0.633. The average molecular weight is 145 g/mol. The van der Waals surface area contributed by atoms with Crippen LogP contribution in [0.4, 0.5) is 0 Å². The highest BCUT2D eigenvalue weighted by Gasteiger charge is 2.03. The van der Waals surface area contributed by atoms with E-state index in [1.807, 2.05) is 6.92 Å². The third-order valence-corrected chi connectivity index (χ3v) is 1.76. The SMILES string of the molecule is CCC(Cl)c1cnc[nH]1. The number of imidazole rings is 1. The second-order valence-electron chi connectivity index (χ2n) is 1.88. The topological polar surface area (TPSA) is 28.7 Å². The van der Waals surface area contributed by atoms with Crippen LogP contribution in [-0.4, -0.2) is 9.97 Å². The molecule has 1 aromatic heterocycles. The summed E-state index contributed by atoms with van der Waals surface area (Å²) in [7, 11) is 0. The van der Waals surface area contributed by atoms with Crippen molar-refractivity contribution in [2.24, 2.45) is 0 Å². The van der Waals surface area contributed by atoms with Gasteiger partial charge in [0.1, 0.15) is 0 Å². The largest absolute Gasteiger partial charge is 0.347 e. The number of hydrogen-bond acceptors (Lipinski definition) is 1. The highest BCUT2D eigenvalue weighted by Crippen LogP contribution is 2.19. The Morgan fingerprint density at radius 2 is 2.67 bits per heavy atom. The Labute approximate surface area is 59.3 Å². The van der Waals surface area contributed by atoms with Crippen LogP contribution in [0.3, 0.4) is 0 Å². The van der Waals surface area contributed by atoms with Crippen molar-refractivity contribution in [2.45, 2.75) is 18.7 Å². The van der Waals surface area contributed by atoms with Crippen molar-refractivity contribution < 1.29 is 0 Å². The fourth-order valence-electron chi connectivity index (χ4n) is 0.658. The zero-order valence-electron chi connectivity index (χ0n) is 5.26. The molecule has 1 unspecified atom stereocenters. The first-order valence-corrected chi connectivity index (χ1v) is 3.40. The van der Waals surface area contributed by atoms with E-state index >= 15 is 0 Å². The molecular formula is C6H9ClN2. The van der Waals surface area contributed by atoms with Crippen LogP contribution in [-0.2, 0) is 0 Å². The second kappa shape index (κ2) is 2.87. The maximum atomic E-state index is 5.86. The summed E-state index contributed by atoms with van der Waals surface area (Å²) < 4.78 is 0. The van der Waals surface area contributed by atoms with E-state index in [-0.39, 0.29) is 5.38 Å². The van der Waals surface area contributed by atoms with Gasteiger partial charge in [-0.05, 0) is 6.42 Å². The van der Waals surface area contributed by atoms with Crippen molar-refractivity contribution in [3.63, 3.8) is 0 Å². The van der Waals surface area contributed by atoms with E-state index in [2.05, 4.69) is 9.97 Å². The molecule has 50 valence electrons. The Hall–Kier alpha value is -0.500. The van der Waals surface area contributed by atoms with Gasteiger partial charge < -0.3 is 4.98 Å². The maximum absolute atomic E-state index is 5.86. The van der Waals surface area contributed by atoms with Crippen LogP contribution in [0.5, 0.6) is 0 Å². The number of alkyl halides is 1. The molecule has 0 saturated heterocycles. The zero-order chi connectivity index (χ0) is 6.69. The molecule has 0 bridgehead atoms. The van der Waals surface area contributed by atoms with Gasteiger partial charge in [-0.1, -0.05) is 6.92 Å². The van der Waals surface area contributed by atoms with E-state index in [0.29, 0.717) is 0 Å². The molecule has 1 aromatic rings. The van der Waals surface area contributed by atoms with E-state index in [1.165, 1.54) is 0 Å². The number of aromatic amines is 1. The first kappa shape index (κ1) is 6.62. The van der Waals surface area contributed by atoms with Gasteiger partial charge in [0.15, 0.2) is 0 Å². The summed E-state index contributed by atoms with van der Waals surface area (Å²) in [5.41, 5.74) is 0.999. The molecular weight excluding hydrogens is 136 g/mol. The lowest BCUT2D eigenvalue weighted by Crippen LogP contribution is -1.86. The summed E-state index contributed by atoms with van der Waals surface area (Å²) in [5, 5.41) is 0.0903. The average Bonchev–Trinajstić information content (AvgIpc) is 2.37. The fourth-order valence-corrected chi connectivity index (χ4v) is 0.777. The van der Waals surface area contributed by atoms with Crippen LogP contribution in [0.2, 0.25) is 0 Å². The van der Waals surface area contributed by atoms with Crippen molar-refractivity contribution in [3.8, 4) is 0 Å². The first-order valence-electron chi connectivity index (χ1n) is 2.97. The molecule has 3 heteroatoms. The smallest absolute Gasteiger partial charge is 0.0922 e. The molecule has 2 nitrogen and oxygen atoms in total. The van der Waals surface area contributed by atoms with E-state index in [4.69, 9.17) is 11.6 Å². The van der Waals surface area contributed by atoms with Gasteiger partial charge in [-0.2, -0.15) is 0 Å². The summed E-state index contributed by atoms with van der Waals surface area (Å²) in [5.74, 6) is 0. The Kier molecular flexibility index (Phi) is 2.11. The van der Waals surface area contributed by atoms with E-state index in [0.717, 1.165) is 12.1 Å². The Morgan fingerprint density at radius 3 is 3.11 bits per heavy atom. The third-order valence-electron chi connectivity index (χ3n) is 1.22. The number of nitrogens with one attached hydrogen (secondary N) is 1. The standard InChI is InChI=1S/C6H9ClN2/c1-2-5(7)6-3-8-4-9-6/h3-5H,2H2,1H3,(H,8,9). The van der Waals surface area contributed by atoms with Gasteiger partial charge in [-0.15, -0.1) is 11.6 Å². The molecule has 0 aromatic carbocycles. The highest BCUT2D eigenvalue weighted by atomic mass is 35.5. The van der Waals surface area contributed by atoms with Crippen LogP contribution in [0.25, 0.3) is 0 Å². The van der Waals surface area contributed by atoms with Gasteiger partial charge in [0.2, 0.25) is 0 Å². The fraction of sp³-hybridized carbons (Fsp3) is 0.500. The van der Waals surface area contributed by atoms with Crippen LogP contribution in [0, 0.1) is 0 Å². The minimum absolute atomic E-state index is 0.0903. The lowest BCUT2D eigenvalue weighted by molar-refractivity contribution is 0.856. The van der Waals surface area contributed by atoms with Gasteiger partial charge in [-0.25, -0.2) is 4.98 Å².